The molecule has 10 heteroatoms. The summed E-state index contributed by atoms with van der Waals surface area (Å²) in [5.41, 5.74) is 0.838. The minimum atomic E-state index is -2.96. The van der Waals surface area contributed by atoms with Gasteiger partial charge in [-0.2, -0.15) is 0 Å². The van der Waals surface area contributed by atoms with Crippen LogP contribution in [0.2, 0.25) is 5.02 Å². The van der Waals surface area contributed by atoms with E-state index in [9.17, 15) is 8.42 Å². The topological polar surface area (TPSA) is 83.0 Å². The maximum atomic E-state index is 11.4. The molecule has 0 amide bonds. The number of benzene rings is 1. The average Bonchev–Trinajstić information content (AvgIpc) is 3.11. The SMILES string of the molecule is CN=C(NCC(C)(C)CCS(C)(=O)=O)NC1CCN(c2cc(Cl)ccc2OC)C1.I. The first kappa shape index (κ1) is 27.1. The average molecular weight is 573 g/mol. The van der Waals surface area contributed by atoms with Crippen molar-refractivity contribution in [1.82, 2.24) is 10.6 Å². The number of nitrogens with zero attached hydrogens (tertiary/aromatic N) is 2. The number of anilines is 1. The largest absolute Gasteiger partial charge is 0.495 e. The van der Waals surface area contributed by atoms with Gasteiger partial charge >= 0.3 is 0 Å². The summed E-state index contributed by atoms with van der Waals surface area (Å²) in [7, 11) is 0.444. The van der Waals surface area contributed by atoms with Gasteiger partial charge in [-0.25, -0.2) is 8.42 Å². The number of guanidine groups is 1. The Kier molecular flexibility index (Phi) is 10.5. The molecule has 1 aliphatic heterocycles. The predicted molar refractivity (Wildman–Crippen MR) is 137 cm³/mol. The van der Waals surface area contributed by atoms with Crippen LogP contribution in [0, 0.1) is 5.41 Å². The summed E-state index contributed by atoms with van der Waals surface area (Å²) in [4.78, 5) is 6.58. The van der Waals surface area contributed by atoms with Crippen LogP contribution in [-0.4, -0.2) is 66.2 Å². The van der Waals surface area contributed by atoms with Crippen molar-refractivity contribution < 1.29 is 13.2 Å². The lowest BCUT2D eigenvalue weighted by Gasteiger charge is -2.27. The van der Waals surface area contributed by atoms with Gasteiger partial charge in [-0.3, -0.25) is 4.99 Å². The monoisotopic (exact) mass is 572 g/mol. The van der Waals surface area contributed by atoms with Gasteiger partial charge in [0.25, 0.3) is 0 Å². The Morgan fingerprint density at radius 3 is 2.70 bits per heavy atom. The zero-order chi connectivity index (χ0) is 21.7. The third-order valence-corrected chi connectivity index (χ3v) is 6.30. The van der Waals surface area contributed by atoms with Crippen LogP contribution in [-0.2, 0) is 9.84 Å². The number of nitrogens with one attached hydrogen (secondary N) is 2. The molecule has 0 aromatic heterocycles. The van der Waals surface area contributed by atoms with Crippen molar-refractivity contribution in [2.45, 2.75) is 32.7 Å². The van der Waals surface area contributed by atoms with Crippen LogP contribution in [0.25, 0.3) is 0 Å². The lowest BCUT2D eigenvalue weighted by molar-refractivity contribution is 0.348. The Morgan fingerprint density at radius 2 is 2.10 bits per heavy atom. The second kappa shape index (κ2) is 11.6. The number of aliphatic imine (C=N–C) groups is 1. The molecule has 0 radical (unpaired) electrons. The molecule has 1 unspecified atom stereocenters. The van der Waals surface area contributed by atoms with E-state index in [1.54, 1.807) is 14.2 Å². The highest BCUT2D eigenvalue weighted by Gasteiger charge is 2.26. The molecule has 0 saturated carbocycles. The lowest BCUT2D eigenvalue weighted by Crippen LogP contribution is -2.47. The van der Waals surface area contributed by atoms with E-state index < -0.39 is 9.84 Å². The van der Waals surface area contributed by atoms with Crippen molar-refractivity contribution in [2.24, 2.45) is 10.4 Å². The highest BCUT2D eigenvalue weighted by atomic mass is 127. The fraction of sp³-hybridized carbons (Fsp3) is 0.650. The third-order valence-electron chi connectivity index (χ3n) is 5.12. The van der Waals surface area contributed by atoms with Crippen LogP contribution >= 0.6 is 35.6 Å². The minimum absolute atomic E-state index is 0. The Labute approximate surface area is 202 Å². The maximum absolute atomic E-state index is 11.4. The number of ether oxygens (including phenoxy) is 1. The fourth-order valence-electron chi connectivity index (χ4n) is 3.27. The highest BCUT2D eigenvalue weighted by molar-refractivity contribution is 14.0. The van der Waals surface area contributed by atoms with Crippen molar-refractivity contribution in [3.8, 4) is 5.75 Å². The van der Waals surface area contributed by atoms with E-state index in [-0.39, 0.29) is 41.2 Å². The second-order valence-corrected chi connectivity index (χ2v) is 11.1. The first-order chi connectivity index (χ1) is 13.5. The zero-order valence-electron chi connectivity index (χ0n) is 18.4. The number of halogens is 2. The number of hydrogen-bond acceptors (Lipinski definition) is 5. The van der Waals surface area contributed by atoms with E-state index in [0.717, 1.165) is 36.9 Å². The van der Waals surface area contributed by atoms with Crippen LogP contribution in [0.5, 0.6) is 5.75 Å². The summed E-state index contributed by atoms with van der Waals surface area (Å²) in [6.07, 6.45) is 2.84. The summed E-state index contributed by atoms with van der Waals surface area (Å²) in [6, 6.07) is 5.88. The Balaban J connectivity index is 0.00000450. The molecule has 7 nitrogen and oxygen atoms in total. The Hall–Kier alpha value is -0.940. The minimum Gasteiger partial charge on any atom is -0.495 e. The molecule has 1 saturated heterocycles. The van der Waals surface area contributed by atoms with E-state index in [2.05, 4.69) is 34.4 Å². The summed E-state index contributed by atoms with van der Waals surface area (Å²) in [5, 5.41) is 7.49. The molecule has 172 valence electrons. The normalized spacial score (nSPS) is 17.5. The molecule has 1 heterocycles. The zero-order valence-corrected chi connectivity index (χ0v) is 22.3. The van der Waals surface area contributed by atoms with Crippen molar-refractivity contribution in [3.05, 3.63) is 23.2 Å². The maximum Gasteiger partial charge on any atom is 0.191 e. The van der Waals surface area contributed by atoms with Crippen LogP contribution in [0.1, 0.15) is 26.7 Å². The summed E-state index contributed by atoms with van der Waals surface area (Å²) in [5.74, 6) is 1.72. The lowest BCUT2D eigenvalue weighted by atomic mass is 9.90. The molecule has 2 N–H and O–H groups in total. The van der Waals surface area contributed by atoms with E-state index in [1.807, 2.05) is 18.2 Å². The standard InChI is InChI=1S/C20H33ClN4O3S.HI/c1-20(2,9-11-29(5,26)27)14-23-19(22-3)24-16-8-10-25(13-16)17-12-15(21)6-7-18(17)28-4;/h6-7,12,16H,8-11,13-14H2,1-5H3,(H2,22,23,24);1H. The summed E-state index contributed by atoms with van der Waals surface area (Å²) in [6.45, 7) is 6.46. The molecular formula is C20H34ClIN4O3S. The molecule has 1 aliphatic rings. The van der Waals surface area contributed by atoms with Crippen LogP contribution in [0.15, 0.2) is 23.2 Å². The van der Waals surface area contributed by atoms with Gasteiger partial charge in [0.05, 0.1) is 18.6 Å². The first-order valence-electron chi connectivity index (χ1n) is 9.76. The molecule has 1 aromatic rings. The van der Waals surface area contributed by atoms with E-state index >= 15 is 0 Å². The molecule has 0 aliphatic carbocycles. The van der Waals surface area contributed by atoms with Crippen molar-refractivity contribution in [2.75, 3.05) is 50.7 Å². The molecule has 0 spiro atoms. The smallest absolute Gasteiger partial charge is 0.191 e. The third kappa shape index (κ3) is 8.66. The quantitative estimate of drug-likeness (QED) is 0.283. The molecule has 30 heavy (non-hydrogen) atoms. The summed E-state index contributed by atoms with van der Waals surface area (Å²) < 4.78 is 28.4. The first-order valence-corrected chi connectivity index (χ1v) is 12.2. The Bertz CT molecular complexity index is 833. The van der Waals surface area contributed by atoms with Gasteiger partial charge in [-0.15, -0.1) is 24.0 Å². The van der Waals surface area contributed by atoms with Gasteiger partial charge in [0.2, 0.25) is 0 Å². The van der Waals surface area contributed by atoms with Crippen LogP contribution in [0.4, 0.5) is 5.69 Å². The van der Waals surface area contributed by atoms with Gasteiger partial charge in [0.15, 0.2) is 5.96 Å². The molecule has 1 fully saturated rings. The summed E-state index contributed by atoms with van der Waals surface area (Å²) >= 11 is 6.17. The molecule has 2 rings (SSSR count). The van der Waals surface area contributed by atoms with Gasteiger partial charge < -0.3 is 20.3 Å². The Morgan fingerprint density at radius 1 is 1.40 bits per heavy atom. The number of hydrogen-bond donors (Lipinski definition) is 2. The predicted octanol–water partition coefficient (Wildman–Crippen LogP) is 3.17. The highest BCUT2D eigenvalue weighted by Crippen LogP contribution is 2.33. The van der Waals surface area contributed by atoms with E-state index in [4.69, 9.17) is 16.3 Å². The molecule has 1 atom stereocenters. The van der Waals surface area contributed by atoms with Crippen LogP contribution < -0.4 is 20.3 Å². The number of sulfone groups is 1. The van der Waals surface area contributed by atoms with Gasteiger partial charge in [-0.05, 0) is 36.5 Å². The number of methoxy groups -OCH3 is 1. The number of rotatable bonds is 8. The van der Waals surface area contributed by atoms with Gasteiger partial charge in [-0.1, -0.05) is 25.4 Å². The molecule has 1 aromatic carbocycles. The second-order valence-electron chi connectivity index (χ2n) is 8.36. The van der Waals surface area contributed by atoms with E-state index in [1.165, 1.54) is 6.26 Å². The van der Waals surface area contributed by atoms with Crippen molar-refractivity contribution in [3.63, 3.8) is 0 Å². The van der Waals surface area contributed by atoms with Gasteiger partial charge in [0, 0.05) is 44.0 Å². The fourth-order valence-corrected chi connectivity index (χ4v) is 4.36. The van der Waals surface area contributed by atoms with Gasteiger partial charge in [0.1, 0.15) is 15.6 Å². The van der Waals surface area contributed by atoms with Crippen molar-refractivity contribution in [1.29, 1.82) is 0 Å². The van der Waals surface area contributed by atoms with Crippen LogP contribution in [0.3, 0.4) is 0 Å². The molecule has 0 bridgehead atoms. The molecular weight excluding hydrogens is 539 g/mol. The van der Waals surface area contributed by atoms with E-state index in [0.29, 0.717) is 18.0 Å². The van der Waals surface area contributed by atoms with Crippen molar-refractivity contribution >= 4 is 57.1 Å².